The molecule has 2 aliphatic rings. The third-order valence-corrected chi connectivity index (χ3v) is 4.46. The maximum Gasteiger partial charge on any atom is 0.338 e. The van der Waals surface area contributed by atoms with Gasteiger partial charge in [-0.05, 0) is 24.3 Å². The predicted octanol–water partition coefficient (Wildman–Crippen LogP) is 1.61. The van der Waals surface area contributed by atoms with Gasteiger partial charge in [-0.2, -0.15) is 0 Å². The first-order chi connectivity index (χ1) is 14.1. The molecule has 2 amide bonds. The van der Waals surface area contributed by atoms with Crippen LogP contribution in [-0.4, -0.2) is 51.3 Å². The Bertz CT molecular complexity index is 972. The SMILES string of the molecule is COc1cc(C(=O)OCC(=O)N2CC(=O)Nc3ccccc32)cc2c1OCCO2. The fourth-order valence-corrected chi connectivity index (χ4v) is 3.14. The number of methoxy groups -OCH3 is 1. The minimum absolute atomic E-state index is 0.148. The van der Waals surface area contributed by atoms with Gasteiger partial charge >= 0.3 is 5.97 Å². The number of para-hydroxylation sites is 2. The number of hydrogen-bond donors (Lipinski definition) is 1. The highest BCUT2D eigenvalue weighted by atomic mass is 16.6. The Morgan fingerprint density at radius 2 is 1.97 bits per heavy atom. The summed E-state index contributed by atoms with van der Waals surface area (Å²) in [6, 6.07) is 9.85. The van der Waals surface area contributed by atoms with Crippen LogP contribution in [0.25, 0.3) is 0 Å². The average molecular weight is 398 g/mol. The Morgan fingerprint density at radius 1 is 1.17 bits per heavy atom. The Balaban J connectivity index is 1.48. The van der Waals surface area contributed by atoms with E-state index in [4.69, 9.17) is 18.9 Å². The first-order valence-electron chi connectivity index (χ1n) is 8.91. The van der Waals surface area contributed by atoms with E-state index in [9.17, 15) is 14.4 Å². The van der Waals surface area contributed by atoms with Gasteiger partial charge in [-0.1, -0.05) is 12.1 Å². The molecule has 0 aliphatic carbocycles. The van der Waals surface area contributed by atoms with E-state index in [-0.39, 0.29) is 18.0 Å². The number of esters is 1. The minimum atomic E-state index is -0.719. The van der Waals surface area contributed by atoms with Crippen molar-refractivity contribution in [2.24, 2.45) is 0 Å². The summed E-state index contributed by atoms with van der Waals surface area (Å²) in [6.07, 6.45) is 0. The monoisotopic (exact) mass is 398 g/mol. The summed E-state index contributed by atoms with van der Waals surface area (Å²) in [5.74, 6) is -0.423. The fraction of sp³-hybridized carbons (Fsp3) is 0.250. The van der Waals surface area contributed by atoms with Crippen LogP contribution in [0.2, 0.25) is 0 Å². The molecule has 4 rings (SSSR count). The molecule has 29 heavy (non-hydrogen) atoms. The van der Waals surface area contributed by atoms with Crippen LogP contribution in [0.5, 0.6) is 17.2 Å². The van der Waals surface area contributed by atoms with Crippen LogP contribution in [0.4, 0.5) is 11.4 Å². The van der Waals surface area contributed by atoms with Gasteiger partial charge in [-0.3, -0.25) is 14.5 Å². The molecular formula is C20H18N2O7. The minimum Gasteiger partial charge on any atom is -0.493 e. The van der Waals surface area contributed by atoms with Crippen LogP contribution in [-0.2, 0) is 14.3 Å². The summed E-state index contributed by atoms with van der Waals surface area (Å²) in [5, 5.41) is 2.70. The van der Waals surface area contributed by atoms with Crippen molar-refractivity contribution in [1.82, 2.24) is 0 Å². The lowest BCUT2D eigenvalue weighted by atomic mass is 10.1. The number of amides is 2. The van der Waals surface area contributed by atoms with Crippen LogP contribution < -0.4 is 24.4 Å². The first-order valence-corrected chi connectivity index (χ1v) is 8.91. The van der Waals surface area contributed by atoms with Crippen LogP contribution >= 0.6 is 0 Å². The molecule has 0 saturated carbocycles. The van der Waals surface area contributed by atoms with Gasteiger partial charge in [0.2, 0.25) is 11.7 Å². The van der Waals surface area contributed by atoms with Gasteiger partial charge in [0.15, 0.2) is 18.1 Å². The Kier molecular flexibility index (Phi) is 4.94. The zero-order valence-electron chi connectivity index (χ0n) is 15.6. The molecule has 9 heteroatoms. The van der Waals surface area contributed by atoms with Gasteiger partial charge in [0.05, 0.1) is 24.0 Å². The largest absolute Gasteiger partial charge is 0.493 e. The van der Waals surface area contributed by atoms with Gasteiger partial charge in [-0.25, -0.2) is 4.79 Å². The van der Waals surface area contributed by atoms with E-state index in [1.165, 1.54) is 24.1 Å². The smallest absolute Gasteiger partial charge is 0.338 e. The van der Waals surface area contributed by atoms with Crippen molar-refractivity contribution < 1.29 is 33.3 Å². The number of carbonyl (C=O) groups is 3. The molecular weight excluding hydrogens is 380 g/mol. The molecule has 150 valence electrons. The molecule has 0 spiro atoms. The maximum absolute atomic E-state index is 12.6. The first kappa shape index (κ1) is 18.6. The van der Waals surface area contributed by atoms with E-state index in [0.29, 0.717) is 41.8 Å². The van der Waals surface area contributed by atoms with Crippen molar-refractivity contribution in [3.8, 4) is 17.2 Å². The zero-order chi connectivity index (χ0) is 20.4. The lowest BCUT2D eigenvalue weighted by Crippen LogP contribution is -2.44. The highest BCUT2D eigenvalue weighted by Gasteiger charge is 2.28. The maximum atomic E-state index is 12.6. The number of hydrogen-bond acceptors (Lipinski definition) is 7. The number of nitrogens with one attached hydrogen (secondary N) is 1. The summed E-state index contributed by atoms with van der Waals surface area (Å²) >= 11 is 0. The number of anilines is 2. The van der Waals surface area contributed by atoms with Crippen LogP contribution in [0.3, 0.4) is 0 Å². The van der Waals surface area contributed by atoms with E-state index < -0.39 is 18.5 Å². The summed E-state index contributed by atoms with van der Waals surface area (Å²) in [7, 11) is 1.45. The molecule has 0 atom stereocenters. The third-order valence-electron chi connectivity index (χ3n) is 4.46. The van der Waals surface area contributed by atoms with Crippen molar-refractivity contribution in [2.75, 3.05) is 43.7 Å². The van der Waals surface area contributed by atoms with Gasteiger partial charge in [0.25, 0.3) is 5.91 Å². The molecule has 2 aromatic rings. The van der Waals surface area contributed by atoms with Gasteiger partial charge in [-0.15, -0.1) is 0 Å². The van der Waals surface area contributed by atoms with Crippen molar-refractivity contribution in [3.05, 3.63) is 42.0 Å². The Morgan fingerprint density at radius 3 is 2.79 bits per heavy atom. The predicted molar refractivity (Wildman–Crippen MR) is 102 cm³/mol. The lowest BCUT2D eigenvalue weighted by molar-refractivity contribution is -0.124. The molecule has 0 radical (unpaired) electrons. The second-order valence-electron chi connectivity index (χ2n) is 6.32. The number of benzene rings is 2. The summed E-state index contributed by atoms with van der Waals surface area (Å²) in [6.45, 7) is 0.0680. The fourth-order valence-electron chi connectivity index (χ4n) is 3.14. The van der Waals surface area contributed by atoms with Crippen LogP contribution in [0.1, 0.15) is 10.4 Å². The van der Waals surface area contributed by atoms with Crippen LogP contribution in [0, 0.1) is 0 Å². The second kappa shape index (κ2) is 7.70. The number of carbonyl (C=O) groups excluding carboxylic acids is 3. The topological polar surface area (TPSA) is 103 Å². The molecule has 0 saturated heterocycles. The second-order valence-corrected chi connectivity index (χ2v) is 6.32. The van der Waals surface area contributed by atoms with Crippen molar-refractivity contribution in [3.63, 3.8) is 0 Å². The molecule has 1 N–H and O–H groups in total. The van der Waals surface area contributed by atoms with E-state index in [0.717, 1.165) is 0 Å². The molecule has 2 heterocycles. The number of fused-ring (bicyclic) bond motifs is 2. The van der Waals surface area contributed by atoms with E-state index >= 15 is 0 Å². The van der Waals surface area contributed by atoms with E-state index in [1.54, 1.807) is 24.3 Å². The summed E-state index contributed by atoms with van der Waals surface area (Å²) in [4.78, 5) is 38.2. The van der Waals surface area contributed by atoms with Gasteiger partial charge in [0, 0.05) is 0 Å². The van der Waals surface area contributed by atoms with E-state index in [2.05, 4.69) is 5.32 Å². The van der Waals surface area contributed by atoms with Crippen LogP contribution in [0.15, 0.2) is 36.4 Å². The highest BCUT2D eigenvalue weighted by molar-refractivity contribution is 6.10. The average Bonchev–Trinajstić information content (AvgIpc) is 2.75. The number of rotatable bonds is 4. The Hall–Kier alpha value is -3.75. The third kappa shape index (κ3) is 3.66. The molecule has 0 bridgehead atoms. The summed E-state index contributed by atoms with van der Waals surface area (Å²) in [5.41, 5.74) is 1.24. The number of nitrogens with zero attached hydrogens (tertiary/aromatic N) is 1. The molecule has 0 fully saturated rings. The zero-order valence-corrected chi connectivity index (χ0v) is 15.6. The highest BCUT2D eigenvalue weighted by Crippen LogP contribution is 2.40. The van der Waals surface area contributed by atoms with Gasteiger partial charge < -0.3 is 24.3 Å². The van der Waals surface area contributed by atoms with Crippen molar-refractivity contribution in [2.45, 2.75) is 0 Å². The molecule has 2 aromatic carbocycles. The summed E-state index contributed by atoms with van der Waals surface area (Å²) < 4.78 is 21.4. The molecule has 0 aromatic heterocycles. The van der Waals surface area contributed by atoms with Crippen molar-refractivity contribution in [1.29, 1.82) is 0 Å². The van der Waals surface area contributed by atoms with E-state index in [1.807, 2.05) is 0 Å². The molecule has 0 unspecified atom stereocenters. The quantitative estimate of drug-likeness (QED) is 0.781. The number of ether oxygens (including phenoxy) is 4. The normalized spacial score (nSPS) is 14.5. The Labute approximate surface area is 166 Å². The molecule has 9 nitrogen and oxygen atoms in total. The lowest BCUT2D eigenvalue weighted by Gasteiger charge is -2.28. The standard InChI is InChI=1S/C20H18N2O7/c1-26-15-8-12(9-16-19(15)28-7-6-27-16)20(25)29-11-18(24)22-10-17(23)21-13-4-2-3-5-14(13)22/h2-5,8-9H,6-7,10-11H2,1H3,(H,21,23). The van der Waals surface area contributed by atoms with Crippen molar-refractivity contribution >= 4 is 29.2 Å². The molecule has 2 aliphatic heterocycles. The van der Waals surface area contributed by atoms with Gasteiger partial charge in [0.1, 0.15) is 19.8 Å².